The molecule has 50 heavy (non-hydrogen) atoms. The number of amides is 1. The van der Waals surface area contributed by atoms with Gasteiger partial charge in [0.05, 0.1) is 38.6 Å². The zero-order chi connectivity index (χ0) is 35.7. The van der Waals surface area contributed by atoms with Crippen LogP contribution in [0.1, 0.15) is 57.7 Å². The van der Waals surface area contributed by atoms with E-state index in [9.17, 15) is 14.4 Å². The Morgan fingerprint density at radius 2 is 1.84 bits per heavy atom. The molecule has 0 bridgehead atoms. The molecule has 3 heterocycles. The maximum atomic E-state index is 13.9. The number of hydrogen-bond acceptors (Lipinski definition) is 9. The SMILES string of the molecule is CC(=O)N(C)c1cccc([C@H](Nc2cc(Cl)c3ncc(C#N)c(Nc4ccc(F)c(Cl)c4)c3c2)C2=CN(C3CCN(C(C)(C)C)CC3)NN2)c1. The molecule has 1 fully saturated rings. The predicted molar refractivity (Wildman–Crippen MR) is 199 cm³/mol. The van der Waals surface area contributed by atoms with E-state index in [1.807, 2.05) is 30.3 Å². The standard InChI is InChI=1S/C37H40Cl2FN9O/c1-22(50)47(5)28-8-6-7-23(15-28)35(33-21-49(46-45-33)27-11-13-48(14-12-27)37(2,3)4)44-26-16-29-34(43-25-9-10-32(40)30(38)17-25)24(19-41)20-42-36(29)31(39)18-26/h6-10,15-18,20-21,27,35,44-46H,11-14H2,1-5H3,(H,42,43)/t35-/m0/s1. The molecule has 0 spiro atoms. The molecule has 4 N–H and O–H groups in total. The van der Waals surface area contributed by atoms with Crippen LogP contribution in [0.15, 0.2) is 72.7 Å². The monoisotopic (exact) mass is 715 g/mol. The van der Waals surface area contributed by atoms with Crippen molar-refractivity contribution in [2.75, 3.05) is 35.7 Å². The minimum absolute atomic E-state index is 0.0486. The molecule has 0 unspecified atom stereocenters. The molecule has 1 saturated heterocycles. The number of fused-ring (bicyclic) bond motifs is 1. The Kier molecular flexibility index (Phi) is 10.1. The van der Waals surface area contributed by atoms with Crippen molar-refractivity contribution in [2.24, 2.45) is 0 Å². The van der Waals surface area contributed by atoms with Crippen LogP contribution in [0, 0.1) is 17.1 Å². The fourth-order valence-corrected chi connectivity index (χ4v) is 6.83. The number of carbonyl (C=O) groups excluding carboxylic acids is 1. The fraction of sp³-hybridized carbons (Fsp3) is 0.324. The third-order valence-electron chi connectivity index (χ3n) is 9.33. The van der Waals surface area contributed by atoms with Gasteiger partial charge in [0.2, 0.25) is 5.91 Å². The first kappa shape index (κ1) is 35.2. The lowest BCUT2D eigenvalue weighted by Gasteiger charge is -2.42. The predicted octanol–water partition coefficient (Wildman–Crippen LogP) is 7.86. The maximum Gasteiger partial charge on any atom is 0.223 e. The molecular weight excluding hydrogens is 676 g/mol. The first-order valence-corrected chi connectivity index (χ1v) is 17.2. The van der Waals surface area contributed by atoms with Gasteiger partial charge in [-0.05, 0) is 81.6 Å². The van der Waals surface area contributed by atoms with Crippen molar-refractivity contribution in [2.45, 2.75) is 58.2 Å². The molecule has 1 amide bonds. The van der Waals surface area contributed by atoms with Gasteiger partial charge in [0.15, 0.2) is 0 Å². The van der Waals surface area contributed by atoms with E-state index in [0.717, 1.165) is 42.9 Å². The molecule has 13 heteroatoms. The number of nitrogens with zero attached hydrogens (tertiary/aromatic N) is 5. The van der Waals surface area contributed by atoms with Crippen molar-refractivity contribution in [3.63, 3.8) is 0 Å². The van der Waals surface area contributed by atoms with Gasteiger partial charge in [0.1, 0.15) is 11.9 Å². The van der Waals surface area contributed by atoms with Gasteiger partial charge in [0.25, 0.3) is 0 Å². The number of halogens is 3. The Balaban J connectivity index is 1.38. The van der Waals surface area contributed by atoms with Crippen LogP contribution in [0.25, 0.3) is 10.9 Å². The lowest BCUT2D eigenvalue weighted by Crippen LogP contribution is -2.52. The maximum absolute atomic E-state index is 13.9. The second-order valence-electron chi connectivity index (χ2n) is 13.6. The summed E-state index contributed by atoms with van der Waals surface area (Å²) in [6, 6.07) is 17.8. The smallest absolute Gasteiger partial charge is 0.223 e. The molecule has 10 nitrogen and oxygen atoms in total. The summed E-state index contributed by atoms with van der Waals surface area (Å²) in [5.41, 5.74) is 11.8. The molecule has 0 radical (unpaired) electrons. The van der Waals surface area contributed by atoms with Gasteiger partial charge in [-0.25, -0.2) is 4.39 Å². The second-order valence-corrected chi connectivity index (χ2v) is 14.4. The van der Waals surface area contributed by atoms with E-state index in [2.05, 4.69) is 69.5 Å². The Labute approximate surface area is 301 Å². The zero-order valence-electron chi connectivity index (χ0n) is 28.6. The molecule has 1 aromatic heterocycles. The number of anilines is 4. The third kappa shape index (κ3) is 7.44. The summed E-state index contributed by atoms with van der Waals surface area (Å²) in [5.74, 6) is -0.626. The largest absolute Gasteiger partial charge is 0.373 e. The minimum atomic E-state index is -0.547. The van der Waals surface area contributed by atoms with Crippen LogP contribution < -0.4 is 26.5 Å². The summed E-state index contributed by atoms with van der Waals surface area (Å²) in [5, 5.41) is 19.9. The Bertz CT molecular complexity index is 2000. The van der Waals surface area contributed by atoms with Crippen molar-refractivity contribution in [1.82, 2.24) is 25.9 Å². The van der Waals surface area contributed by atoms with Crippen LogP contribution >= 0.6 is 23.2 Å². The van der Waals surface area contributed by atoms with Gasteiger partial charge in [-0.1, -0.05) is 35.3 Å². The van der Waals surface area contributed by atoms with E-state index in [0.29, 0.717) is 39.0 Å². The summed E-state index contributed by atoms with van der Waals surface area (Å²) in [6.07, 6.45) is 5.57. The van der Waals surface area contributed by atoms with E-state index in [1.54, 1.807) is 24.1 Å². The first-order valence-electron chi connectivity index (χ1n) is 16.4. The zero-order valence-corrected chi connectivity index (χ0v) is 30.1. The van der Waals surface area contributed by atoms with Crippen molar-refractivity contribution in [3.05, 3.63) is 99.7 Å². The number of nitrogens with one attached hydrogen (secondary N) is 4. The first-order chi connectivity index (χ1) is 23.8. The lowest BCUT2D eigenvalue weighted by atomic mass is 9.97. The molecular formula is C37H40Cl2FN9O. The molecule has 260 valence electrons. The number of aromatic nitrogens is 1. The van der Waals surface area contributed by atoms with E-state index < -0.39 is 11.9 Å². The van der Waals surface area contributed by atoms with E-state index >= 15 is 0 Å². The van der Waals surface area contributed by atoms with Crippen LogP contribution in [0.5, 0.6) is 0 Å². The van der Waals surface area contributed by atoms with Gasteiger partial charge in [-0.2, -0.15) is 5.26 Å². The van der Waals surface area contributed by atoms with Gasteiger partial charge in [-0.3, -0.25) is 19.7 Å². The number of rotatable bonds is 8. The molecule has 6 rings (SSSR count). The van der Waals surface area contributed by atoms with Crippen molar-refractivity contribution in [3.8, 4) is 6.07 Å². The molecule has 0 aliphatic carbocycles. The number of piperidine rings is 1. The normalized spacial score (nSPS) is 16.1. The quantitative estimate of drug-likeness (QED) is 0.145. The summed E-state index contributed by atoms with van der Waals surface area (Å²) in [7, 11) is 1.75. The highest BCUT2D eigenvalue weighted by Gasteiger charge is 2.32. The van der Waals surface area contributed by atoms with E-state index in [4.69, 9.17) is 23.2 Å². The van der Waals surface area contributed by atoms with Crippen molar-refractivity contribution < 1.29 is 9.18 Å². The number of nitriles is 1. The highest BCUT2D eigenvalue weighted by atomic mass is 35.5. The van der Waals surface area contributed by atoms with Gasteiger partial charge in [0, 0.05) is 73.5 Å². The Morgan fingerprint density at radius 3 is 2.52 bits per heavy atom. The molecule has 1 atom stereocenters. The highest BCUT2D eigenvalue weighted by Crippen LogP contribution is 2.38. The van der Waals surface area contributed by atoms with Crippen LogP contribution in [-0.2, 0) is 4.79 Å². The number of carbonyl (C=O) groups is 1. The second kappa shape index (κ2) is 14.3. The Morgan fingerprint density at radius 1 is 1.10 bits per heavy atom. The minimum Gasteiger partial charge on any atom is -0.373 e. The fourth-order valence-electron chi connectivity index (χ4n) is 6.38. The molecule has 3 aromatic carbocycles. The number of benzene rings is 3. The van der Waals surface area contributed by atoms with Crippen molar-refractivity contribution in [1.29, 1.82) is 5.26 Å². The average molecular weight is 717 g/mol. The van der Waals surface area contributed by atoms with Gasteiger partial charge in [-0.15, -0.1) is 5.53 Å². The van der Waals surface area contributed by atoms with E-state index in [1.165, 1.54) is 25.3 Å². The number of hydrazine groups is 2. The number of likely N-dealkylation sites (tertiary alicyclic amines) is 1. The molecule has 2 aliphatic rings. The van der Waals surface area contributed by atoms with Crippen LogP contribution in [-0.4, -0.2) is 52.5 Å². The summed E-state index contributed by atoms with van der Waals surface area (Å²) < 4.78 is 13.9. The van der Waals surface area contributed by atoms with Crippen LogP contribution in [0.2, 0.25) is 10.0 Å². The summed E-state index contributed by atoms with van der Waals surface area (Å²) >= 11 is 12.9. The topological polar surface area (TPSA) is 112 Å². The van der Waals surface area contributed by atoms with Crippen LogP contribution in [0.4, 0.5) is 27.1 Å². The van der Waals surface area contributed by atoms with Gasteiger partial charge >= 0.3 is 0 Å². The molecule has 2 aliphatic heterocycles. The molecule has 0 saturated carbocycles. The molecule has 4 aromatic rings. The highest BCUT2D eigenvalue weighted by molar-refractivity contribution is 6.36. The average Bonchev–Trinajstić information content (AvgIpc) is 3.58. The van der Waals surface area contributed by atoms with Crippen LogP contribution in [0.3, 0.4) is 0 Å². The number of hydrogen-bond donors (Lipinski definition) is 4. The Hall–Kier alpha value is -4.60. The van der Waals surface area contributed by atoms with Gasteiger partial charge < -0.3 is 21.0 Å². The summed E-state index contributed by atoms with van der Waals surface area (Å²) in [6.45, 7) is 10.3. The number of pyridine rings is 1. The van der Waals surface area contributed by atoms with E-state index in [-0.39, 0.29) is 22.0 Å². The summed E-state index contributed by atoms with van der Waals surface area (Å²) in [4.78, 5) is 20.9. The van der Waals surface area contributed by atoms with Crippen molar-refractivity contribution >= 4 is 62.8 Å². The lowest BCUT2D eigenvalue weighted by molar-refractivity contribution is -0.116. The third-order valence-corrected chi connectivity index (χ3v) is 9.91.